The van der Waals surface area contributed by atoms with E-state index in [1.807, 2.05) is 7.05 Å². The molecule has 23 heavy (non-hydrogen) atoms. The van der Waals surface area contributed by atoms with Crippen molar-refractivity contribution in [2.45, 2.75) is 32.2 Å². The van der Waals surface area contributed by atoms with Gasteiger partial charge in [-0.3, -0.25) is 4.99 Å². The summed E-state index contributed by atoms with van der Waals surface area (Å²) in [6, 6.07) is 2.15. The van der Waals surface area contributed by atoms with Gasteiger partial charge in [0.1, 0.15) is 0 Å². The number of nitrogens with one attached hydrogen (secondary N) is 1. The molecule has 0 radical (unpaired) electrons. The van der Waals surface area contributed by atoms with Crippen molar-refractivity contribution in [3.8, 4) is 0 Å². The van der Waals surface area contributed by atoms with Gasteiger partial charge in [-0.05, 0) is 67.3 Å². The summed E-state index contributed by atoms with van der Waals surface area (Å²) >= 11 is 3.52. The predicted molar refractivity (Wildman–Crippen MR) is 101 cm³/mol. The molecule has 2 rings (SSSR count). The topological polar surface area (TPSA) is 35.8 Å². The van der Waals surface area contributed by atoms with Gasteiger partial charge in [0.25, 0.3) is 0 Å². The number of guanidine groups is 1. The van der Waals surface area contributed by atoms with Gasteiger partial charge in [0.15, 0.2) is 5.96 Å². The molecule has 5 nitrogen and oxygen atoms in total. The molecule has 130 valence electrons. The molecule has 0 atom stereocenters. The SMILES string of the molecule is CN=C(NCCCCN1CCCC1)N(C)Cc1cc(Br)cn1C. The Labute approximate surface area is 148 Å². The van der Waals surface area contributed by atoms with E-state index in [1.54, 1.807) is 0 Å². The summed E-state index contributed by atoms with van der Waals surface area (Å²) in [7, 11) is 6.01. The van der Waals surface area contributed by atoms with Crippen LogP contribution in [0.3, 0.4) is 0 Å². The highest BCUT2D eigenvalue weighted by molar-refractivity contribution is 9.10. The Hall–Kier alpha value is -1.01. The lowest BCUT2D eigenvalue weighted by Crippen LogP contribution is -2.39. The number of hydrogen-bond donors (Lipinski definition) is 1. The van der Waals surface area contributed by atoms with E-state index in [2.05, 4.69) is 67.0 Å². The molecule has 1 saturated heterocycles. The summed E-state index contributed by atoms with van der Waals surface area (Å²) in [6.45, 7) is 5.67. The van der Waals surface area contributed by atoms with Gasteiger partial charge in [-0.25, -0.2) is 0 Å². The minimum Gasteiger partial charge on any atom is -0.356 e. The van der Waals surface area contributed by atoms with E-state index in [0.717, 1.165) is 23.5 Å². The zero-order valence-electron chi connectivity index (χ0n) is 14.7. The van der Waals surface area contributed by atoms with E-state index in [4.69, 9.17) is 0 Å². The third-order valence-electron chi connectivity index (χ3n) is 4.43. The average Bonchev–Trinajstić information content (AvgIpc) is 3.13. The number of aromatic nitrogens is 1. The highest BCUT2D eigenvalue weighted by Crippen LogP contribution is 2.15. The van der Waals surface area contributed by atoms with Crippen molar-refractivity contribution in [1.82, 2.24) is 19.7 Å². The first kappa shape index (κ1) is 18.3. The molecule has 1 aliphatic heterocycles. The van der Waals surface area contributed by atoms with Crippen LogP contribution in [-0.2, 0) is 13.6 Å². The van der Waals surface area contributed by atoms with Crippen LogP contribution in [-0.4, -0.2) is 60.6 Å². The average molecular weight is 384 g/mol. The summed E-state index contributed by atoms with van der Waals surface area (Å²) in [4.78, 5) is 9.14. The Balaban J connectivity index is 1.68. The first-order chi connectivity index (χ1) is 11.1. The molecular weight excluding hydrogens is 354 g/mol. The second kappa shape index (κ2) is 9.33. The maximum Gasteiger partial charge on any atom is 0.193 e. The minimum atomic E-state index is 0.843. The molecule has 1 fully saturated rings. The molecule has 0 unspecified atom stereocenters. The van der Waals surface area contributed by atoms with Crippen molar-refractivity contribution in [3.05, 3.63) is 22.4 Å². The van der Waals surface area contributed by atoms with Gasteiger partial charge in [0.05, 0.1) is 6.54 Å². The molecule has 0 spiro atoms. The fourth-order valence-corrected chi connectivity index (χ4v) is 3.66. The van der Waals surface area contributed by atoms with Crippen LogP contribution in [0.1, 0.15) is 31.4 Å². The van der Waals surface area contributed by atoms with Crippen LogP contribution in [0.5, 0.6) is 0 Å². The molecule has 0 aromatic carbocycles. The van der Waals surface area contributed by atoms with Crippen molar-refractivity contribution < 1.29 is 0 Å². The zero-order valence-corrected chi connectivity index (χ0v) is 16.3. The van der Waals surface area contributed by atoms with Gasteiger partial charge in [-0.15, -0.1) is 0 Å². The fraction of sp³-hybridized carbons (Fsp3) is 0.706. The maximum absolute atomic E-state index is 4.40. The van der Waals surface area contributed by atoms with Gasteiger partial charge in [0, 0.05) is 44.1 Å². The Morgan fingerprint density at radius 1 is 1.35 bits per heavy atom. The molecule has 0 aliphatic carbocycles. The third-order valence-corrected chi connectivity index (χ3v) is 4.86. The predicted octanol–water partition coefficient (Wildman–Crippen LogP) is 2.67. The van der Waals surface area contributed by atoms with E-state index < -0.39 is 0 Å². The number of aryl methyl sites for hydroxylation is 1. The highest BCUT2D eigenvalue weighted by atomic mass is 79.9. The summed E-state index contributed by atoms with van der Waals surface area (Å²) in [5, 5.41) is 3.48. The first-order valence-corrected chi connectivity index (χ1v) is 9.34. The van der Waals surface area contributed by atoms with Gasteiger partial charge in [-0.1, -0.05) is 0 Å². The lowest BCUT2D eigenvalue weighted by molar-refractivity contribution is 0.330. The number of likely N-dealkylation sites (tertiary alicyclic amines) is 1. The lowest BCUT2D eigenvalue weighted by Gasteiger charge is -2.22. The number of rotatable bonds is 7. The van der Waals surface area contributed by atoms with Crippen LogP contribution >= 0.6 is 15.9 Å². The second-order valence-corrected chi connectivity index (χ2v) is 7.26. The number of unbranched alkanes of at least 4 members (excludes halogenated alkanes) is 1. The van der Waals surface area contributed by atoms with Gasteiger partial charge in [-0.2, -0.15) is 0 Å². The van der Waals surface area contributed by atoms with E-state index in [1.165, 1.54) is 51.0 Å². The number of aliphatic imine (C=N–C) groups is 1. The Morgan fingerprint density at radius 3 is 2.70 bits per heavy atom. The van der Waals surface area contributed by atoms with E-state index in [0.29, 0.717) is 0 Å². The Morgan fingerprint density at radius 2 is 2.09 bits per heavy atom. The molecule has 0 bridgehead atoms. The first-order valence-electron chi connectivity index (χ1n) is 8.55. The number of halogens is 1. The maximum atomic E-state index is 4.40. The molecule has 0 saturated carbocycles. The van der Waals surface area contributed by atoms with Gasteiger partial charge in [0.2, 0.25) is 0 Å². The van der Waals surface area contributed by atoms with Gasteiger partial charge >= 0.3 is 0 Å². The minimum absolute atomic E-state index is 0.843. The third kappa shape index (κ3) is 5.84. The summed E-state index contributed by atoms with van der Waals surface area (Å²) in [5.41, 5.74) is 1.26. The van der Waals surface area contributed by atoms with E-state index >= 15 is 0 Å². The van der Waals surface area contributed by atoms with Crippen molar-refractivity contribution in [3.63, 3.8) is 0 Å². The van der Waals surface area contributed by atoms with Crippen LogP contribution in [0.2, 0.25) is 0 Å². The van der Waals surface area contributed by atoms with Crippen molar-refractivity contribution in [2.75, 3.05) is 40.3 Å². The van der Waals surface area contributed by atoms with E-state index in [9.17, 15) is 0 Å². The monoisotopic (exact) mass is 383 g/mol. The number of nitrogens with zero attached hydrogens (tertiary/aromatic N) is 4. The molecular formula is C17H30BrN5. The molecule has 1 aliphatic rings. The second-order valence-electron chi connectivity index (χ2n) is 6.35. The normalized spacial score (nSPS) is 16.1. The zero-order chi connectivity index (χ0) is 16.7. The van der Waals surface area contributed by atoms with Gasteiger partial charge < -0.3 is 19.7 Å². The van der Waals surface area contributed by atoms with Crippen LogP contribution in [0.15, 0.2) is 21.7 Å². The Bertz CT molecular complexity index is 505. The highest BCUT2D eigenvalue weighted by Gasteiger charge is 2.11. The van der Waals surface area contributed by atoms with Crippen LogP contribution in [0.25, 0.3) is 0 Å². The standard InChI is InChI=1S/C17H30BrN5/c1-19-17(20-8-4-5-9-23-10-6-7-11-23)22(3)14-16-12-15(18)13-21(16)2/h12-13H,4-11,14H2,1-3H3,(H,19,20). The Kier molecular flexibility index (Phi) is 7.43. The lowest BCUT2D eigenvalue weighted by atomic mass is 10.3. The van der Waals surface area contributed by atoms with Crippen molar-refractivity contribution >= 4 is 21.9 Å². The van der Waals surface area contributed by atoms with E-state index in [-0.39, 0.29) is 0 Å². The molecule has 2 heterocycles. The van der Waals surface area contributed by atoms with Crippen LogP contribution < -0.4 is 5.32 Å². The molecule has 6 heteroatoms. The summed E-state index contributed by atoms with van der Waals surface area (Å²) in [5.74, 6) is 0.962. The molecule has 1 aromatic rings. The fourth-order valence-electron chi connectivity index (χ4n) is 3.09. The quantitative estimate of drug-likeness (QED) is 0.446. The molecule has 0 amide bonds. The van der Waals surface area contributed by atoms with Crippen molar-refractivity contribution in [2.24, 2.45) is 12.0 Å². The smallest absolute Gasteiger partial charge is 0.193 e. The molecule has 1 aromatic heterocycles. The summed E-state index contributed by atoms with van der Waals surface area (Å²) < 4.78 is 3.26. The van der Waals surface area contributed by atoms with Crippen molar-refractivity contribution in [1.29, 1.82) is 0 Å². The van der Waals surface area contributed by atoms with Crippen LogP contribution in [0.4, 0.5) is 0 Å². The number of hydrogen-bond acceptors (Lipinski definition) is 2. The molecule has 1 N–H and O–H groups in total. The summed E-state index contributed by atoms with van der Waals surface area (Å²) in [6.07, 6.45) is 7.30. The largest absolute Gasteiger partial charge is 0.356 e. The van der Waals surface area contributed by atoms with Crippen LogP contribution in [0, 0.1) is 0 Å².